The first-order valence-electron chi connectivity index (χ1n) is 16.6. The van der Waals surface area contributed by atoms with Gasteiger partial charge in [0.15, 0.2) is 5.78 Å². The molecule has 2 bridgehead atoms. The minimum atomic E-state index is -0.998. The Bertz CT molecular complexity index is 1730. The van der Waals surface area contributed by atoms with Crippen LogP contribution in [0, 0.1) is 18.3 Å². The molecule has 0 radical (unpaired) electrons. The summed E-state index contributed by atoms with van der Waals surface area (Å²) in [6.45, 7) is 5.80. The van der Waals surface area contributed by atoms with Crippen LogP contribution in [-0.2, 0) is 27.3 Å². The van der Waals surface area contributed by atoms with E-state index in [1.54, 1.807) is 22.0 Å². The number of nitrogens with one attached hydrogen (secondary N) is 2. The molecule has 1 saturated carbocycles. The van der Waals surface area contributed by atoms with Crippen molar-refractivity contribution in [2.75, 3.05) is 31.2 Å². The Balaban J connectivity index is 1.43. The van der Waals surface area contributed by atoms with Crippen LogP contribution < -0.4 is 10.6 Å². The van der Waals surface area contributed by atoms with Crippen LogP contribution in [0.4, 0.5) is 0 Å². The van der Waals surface area contributed by atoms with Crippen molar-refractivity contribution in [1.82, 2.24) is 35.3 Å². The Morgan fingerprint density at radius 3 is 2.43 bits per heavy atom. The maximum absolute atomic E-state index is 14.4. The summed E-state index contributed by atoms with van der Waals surface area (Å²) in [5.41, 5.74) is 3.46. The van der Waals surface area contributed by atoms with E-state index < -0.39 is 16.1 Å². The normalized spacial score (nSPS) is 25.6. The molecule has 2 fully saturated rings. The molecule has 3 aliphatic rings. The highest BCUT2D eigenvalue weighted by Crippen LogP contribution is 2.64. The van der Waals surface area contributed by atoms with E-state index in [9.17, 15) is 19.2 Å². The summed E-state index contributed by atoms with van der Waals surface area (Å²) in [5, 5.41) is 11.7. The van der Waals surface area contributed by atoms with E-state index >= 15 is 0 Å². The molecule has 252 valence electrons. The largest absolute Gasteiger partial charge is 0.355 e. The highest BCUT2D eigenvalue weighted by molar-refractivity contribution is 8.32. The standard InChI is InChI=1S/C35H47N7O4S/c1-21-33-35(21)15-28(34(46)39-20-47(4,5)6)42(33)30(45)18-41-32-24(11-9-7-8-10-12-29(44)38-19-35)13-25(26-16-36-23(3)37-17-26)14-27(32)31(40-41)22(2)43/h13-14,16-17,21,28,33H,7-12,15,18-20H2,1-6H3,(H,38,44)(H,39,46)/t21-,28-,33?,35+/m0/s1. The van der Waals surface area contributed by atoms with Gasteiger partial charge in [-0.1, -0.05) is 19.8 Å². The summed E-state index contributed by atoms with van der Waals surface area (Å²) in [7, 11) is -0.998. The van der Waals surface area contributed by atoms with Gasteiger partial charge in [-0.25, -0.2) is 20.0 Å². The van der Waals surface area contributed by atoms with E-state index in [0.29, 0.717) is 48.6 Å². The van der Waals surface area contributed by atoms with Crippen molar-refractivity contribution in [3.8, 4) is 11.1 Å². The van der Waals surface area contributed by atoms with E-state index in [-0.39, 0.29) is 47.4 Å². The van der Waals surface area contributed by atoms with Gasteiger partial charge in [0.1, 0.15) is 24.1 Å². The average Bonchev–Trinajstić information content (AvgIpc) is 3.29. The number of hydrogen-bond donors (Lipinski definition) is 2. The van der Waals surface area contributed by atoms with Crippen LogP contribution in [0.5, 0.6) is 0 Å². The third-order valence-corrected chi connectivity index (χ3v) is 11.2. The van der Waals surface area contributed by atoms with Gasteiger partial charge in [0, 0.05) is 60.6 Å². The smallest absolute Gasteiger partial charge is 0.245 e. The number of benzene rings is 1. The monoisotopic (exact) mass is 661 g/mol. The molecular formula is C35H47N7O4S. The Morgan fingerprint density at radius 2 is 1.74 bits per heavy atom. The zero-order chi connectivity index (χ0) is 33.7. The number of rotatable bonds is 5. The van der Waals surface area contributed by atoms with Gasteiger partial charge in [0.05, 0.1) is 5.52 Å². The lowest BCUT2D eigenvalue weighted by molar-refractivity contribution is -0.140. The van der Waals surface area contributed by atoms with Crippen molar-refractivity contribution in [2.45, 2.75) is 84.3 Å². The zero-order valence-electron chi connectivity index (χ0n) is 28.4. The Hall–Kier alpha value is -3.80. The molecule has 3 aromatic rings. The van der Waals surface area contributed by atoms with Crippen LogP contribution in [0.25, 0.3) is 22.0 Å². The molecule has 1 unspecified atom stereocenters. The van der Waals surface area contributed by atoms with Crippen LogP contribution in [0.15, 0.2) is 24.5 Å². The predicted octanol–water partition coefficient (Wildman–Crippen LogP) is 4.00. The Morgan fingerprint density at radius 1 is 1.04 bits per heavy atom. The molecule has 1 aliphatic carbocycles. The van der Waals surface area contributed by atoms with Gasteiger partial charge in [0.25, 0.3) is 0 Å². The van der Waals surface area contributed by atoms with Crippen molar-refractivity contribution in [3.63, 3.8) is 0 Å². The molecule has 6 rings (SSSR count). The third kappa shape index (κ3) is 6.53. The number of hydrogen-bond acceptors (Lipinski definition) is 7. The predicted molar refractivity (Wildman–Crippen MR) is 184 cm³/mol. The first kappa shape index (κ1) is 33.1. The molecule has 1 aromatic carbocycles. The van der Waals surface area contributed by atoms with Gasteiger partial charge in [-0.2, -0.15) is 5.10 Å². The summed E-state index contributed by atoms with van der Waals surface area (Å²) in [6, 6.07) is 3.25. The SMILES string of the molecule is CC(=O)c1nn2c3c(cc(-c4cnc(C)nc4)cc13)CCCCCCC(=O)NC[C@@]13C[C@@H](C(=O)NCS(C)(C)C)N(C(=O)C2)C1[C@@H]3C. The van der Waals surface area contributed by atoms with Gasteiger partial charge in [-0.05, 0) is 80.6 Å². The number of amides is 3. The van der Waals surface area contributed by atoms with E-state index in [1.807, 2.05) is 13.0 Å². The number of carbonyl (C=O) groups is 4. The molecular weight excluding hydrogens is 614 g/mol. The van der Waals surface area contributed by atoms with E-state index in [1.165, 1.54) is 6.92 Å². The van der Waals surface area contributed by atoms with Gasteiger partial charge < -0.3 is 15.5 Å². The van der Waals surface area contributed by atoms with Gasteiger partial charge in [-0.15, -0.1) is 0 Å². The van der Waals surface area contributed by atoms with E-state index in [0.717, 1.165) is 47.9 Å². The summed E-state index contributed by atoms with van der Waals surface area (Å²) in [5.74, 6) is 0.862. The summed E-state index contributed by atoms with van der Waals surface area (Å²) >= 11 is 0. The van der Waals surface area contributed by atoms with Crippen LogP contribution in [0.2, 0.25) is 0 Å². The van der Waals surface area contributed by atoms with Crippen molar-refractivity contribution >= 4 is 44.4 Å². The maximum atomic E-state index is 14.4. The number of Topliss-reactive ketones (excluding diaryl/α,β-unsaturated/α-hetero) is 1. The van der Waals surface area contributed by atoms with Gasteiger partial charge in [-0.3, -0.25) is 23.9 Å². The molecule has 47 heavy (non-hydrogen) atoms. The van der Waals surface area contributed by atoms with Crippen LogP contribution in [0.1, 0.15) is 74.2 Å². The molecule has 2 aliphatic heterocycles. The third-order valence-electron chi connectivity index (χ3n) is 10.2. The minimum absolute atomic E-state index is 0.0234. The number of aryl methyl sites for hydroxylation is 2. The van der Waals surface area contributed by atoms with Crippen molar-refractivity contribution in [3.05, 3.63) is 41.6 Å². The lowest BCUT2D eigenvalue weighted by Gasteiger charge is -2.31. The summed E-state index contributed by atoms with van der Waals surface area (Å²) in [6.07, 6.45) is 15.2. The maximum Gasteiger partial charge on any atom is 0.245 e. The van der Waals surface area contributed by atoms with Crippen LogP contribution >= 0.6 is 10.0 Å². The molecule has 12 heteroatoms. The number of carbonyl (C=O) groups excluding carboxylic acids is 4. The zero-order valence-corrected chi connectivity index (χ0v) is 29.2. The molecule has 11 nitrogen and oxygen atoms in total. The quantitative estimate of drug-likeness (QED) is 0.394. The minimum Gasteiger partial charge on any atom is -0.355 e. The van der Waals surface area contributed by atoms with Crippen molar-refractivity contribution in [2.24, 2.45) is 11.3 Å². The number of nitrogens with zero attached hydrogens (tertiary/aromatic N) is 5. The fraction of sp³-hybridized carbons (Fsp3) is 0.571. The Labute approximate surface area is 278 Å². The van der Waals surface area contributed by atoms with Gasteiger partial charge >= 0.3 is 0 Å². The molecule has 2 aromatic heterocycles. The highest BCUT2D eigenvalue weighted by atomic mass is 32.3. The molecule has 3 amide bonds. The number of ketones is 1. The lowest BCUT2D eigenvalue weighted by Crippen LogP contribution is -2.50. The molecule has 4 heterocycles. The number of aromatic nitrogens is 4. The van der Waals surface area contributed by atoms with Crippen LogP contribution in [0.3, 0.4) is 0 Å². The lowest BCUT2D eigenvalue weighted by atomic mass is 9.95. The average molecular weight is 662 g/mol. The highest BCUT2D eigenvalue weighted by Gasteiger charge is 2.72. The fourth-order valence-electron chi connectivity index (χ4n) is 7.63. The summed E-state index contributed by atoms with van der Waals surface area (Å²) in [4.78, 5) is 64.5. The second-order valence-electron chi connectivity index (χ2n) is 14.6. The molecule has 0 spiro atoms. The van der Waals surface area contributed by atoms with Crippen molar-refractivity contribution < 1.29 is 19.2 Å². The topological polar surface area (TPSA) is 139 Å². The van der Waals surface area contributed by atoms with Crippen molar-refractivity contribution in [1.29, 1.82) is 0 Å². The summed E-state index contributed by atoms with van der Waals surface area (Å²) < 4.78 is 1.68. The fourth-order valence-corrected chi connectivity index (χ4v) is 8.21. The molecule has 2 N–H and O–H groups in total. The van der Waals surface area contributed by atoms with Crippen LogP contribution in [-0.4, -0.2) is 91.4 Å². The number of piperidine rings is 1. The second kappa shape index (κ2) is 12.7. The first-order chi connectivity index (χ1) is 22.3. The second-order valence-corrected chi connectivity index (χ2v) is 19.0. The molecule has 1 saturated heterocycles. The first-order valence-corrected chi connectivity index (χ1v) is 19.7. The Kier molecular flexibility index (Phi) is 8.92. The van der Waals surface area contributed by atoms with E-state index in [4.69, 9.17) is 5.10 Å². The molecule has 4 atom stereocenters. The van der Waals surface area contributed by atoms with Gasteiger partial charge in [0.2, 0.25) is 17.7 Å². The van der Waals surface area contributed by atoms with E-state index in [2.05, 4.69) is 52.4 Å².